The Morgan fingerprint density at radius 2 is 1.86 bits per heavy atom. The maximum atomic E-state index is 13.3. The van der Waals surface area contributed by atoms with Crippen LogP contribution in [0, 0.1) is 23.2 Å². The number of nitrogens with one attached hydrogen (secondary N) is 2. The first-order valence-electron chi connectivity index (χ1n) is 9.81. The molecule has 164 valence electrons. The number of amides is 3. The zero-order valence-corrected chi connectivity index (χ0v) is 19.1. The van der Waals surface area contributed by atoms with Crippen molar-refractivity contribution in [2.45, 2.75) is 67.0 Å². The Labute approximate surface area is 177 Å². The zero-order chi connectivity index (χ0) is 22.4. The first-order chi connectivity index (χ1) is 13.4. The number of nitrogens with zero attached hydrogens (tertiary/aromatic N) is 2. The molecule has 1 heterocycles. The molecular weight excluding hydrogens is 392 g/mol. The summed E-state index contributed by atoms with van der Waals surface area (Å²) >= 11 is 1.29. The lowest BCUT2D eigenvalue weighted by Gasteiger charge is -2.36. The highest BCUT2D eigenvalue weighted by Gasteiger charge is 2.39. The second kappa shape index (κ2) is 10.7. The lowest BCUT2D eigenvalue weighted by Crippen LogP contribution is -2.56. The maximum Gasteiger partial charge on any atom is 0.249 e. The van der Waals surface area contributed by atoms with Gasteiger partial charge in [-0.05, 0) is 23.7 Å². The summed E-state index contributed by atoms with van der Waals surface area (Å²) in [4.78, 5) is 41.4. The fourth-order valence-electron chi connectivity index (χ4n) is 3.32. The van der Waals surface area contributed by atoms with Gasteiger partial charge in [-0.25, -0.2) is 10.0 Å². The normalized spacial score (nSPS) is 15.0. The van der Waals surface area contributed by atoms with Crippen molar-refractivity contribution >= 4 is 34.7 Å². The largest absolute Gasteiger partial charge is 0.343 e. The minimum Gasteiger partial charge on any atom is -0.343 e. The Balaban J connectivity index is 3.13. The zero-order valence-electron chi connectivity index (χ0n) is 18.3. The Hall–Kier alpha value is -2.00. The highest BCUT2D eigenvalue weighted by Crippen LogP contribution is 2.27. The molecule has 9 heteroatoms. The van der Waals surface area contributed by atoms with Crippen LogP contribution in [0.5, 0.6) is 0 Å². The van der Waals surface area contributed by atoms with Crippen LogP contribution in [0.4, 0.5) is 5.13 Å². The van der Waals surface area contributed by atoms with Crippen molar-refractivity contribution in [3.05, 3.63) is 11.6 Å². The minimum atomic E-state index is -0.815. The Bertz CT molecular complexity index is 671. The number of hydrogen-bond donors (Lipinski definition) is 3. The van der Waals surface area contributed by atoms with Crippen molar-refractivity contribution in [2.75, 3.05) is 5.32 Å². The van der Waals surface area contributed by atoms with Crippen LogP contribution >= 0.6 is 11.3 Å². The molecule has 0 saturated heterocycles. The van der Waals surface area contributed by atoms with Crippen molar-refractivity contribution in [2.24, 2.45) is 23.2 Å². The van der Waals surface area contributed by atoms with Gasteiger partial charge in [0.15, 0.2) is 5.13 Å². The van der Waals surface area contributed by atoms with Gasteiger partial charge in [-0.2, -0.15) is 0 Å². The molecule has 29 heavy (non-hydrogen) atoms. The van der Waals surface area contributed by atoms with Gasteiger partial charge >= 0.3 is 0 Å². The summed E-state index contributed by atoms with van der Waals surface area (Å²) in [6.07, 6.45) is 2.37. The third-order valence-corrected chi connectivity index (χ3v) is 5.34. The second-order valence-corrected chi connectivity index (χ2v) is 9.98. The average Bonchev–Trinajstić information content (AvgIpc) is 3.09. The predicted molar refractivity (Wildman–Crippen MR) is 113 cm³/mol. The molecule has 0 aliphatic heterocycles. The molecule has 0 fully saturated rings. The monoisotopic (exact) mass is 426 g/mol. The van der Waals surface area contributed by atoms with E-state index in [0.29, 0.717) is 23.0 Å². The van der Waals surface area contributed by atoms with E-state index in [9.17, 15) is 19.6 Å². The third kappa shape index (κ3) is 7.40. The van der Waals surface area contributed by atoms with Crippen LogP contribution in [-0.2, 0) is 14.4 Å². The van der Waals surface area contributed by atoms with Crippen molar-refractivity contribution in [1.82, 2.24) is 15.4 Å². The number of aromatic nitrogens is 1. The smallest absolute Gasteiger partial charge is 0.249 e. The number of rotatable bonds is 10. The molecule has 0 aliphatic carbocycles. The summed E-state index contributed by atoms with van der Waals surface area (Å²) in [5, 5.41) is 18.5. The van der Waals surface area contributed by atoms with E-state index in [1.54, 1.807) is 11.6 Å². The van der Waals surface area contributed by atoms with Crippen molar-refractivity contribution in [3.63, 3.8) is 0 Å². The topological polar surface area (TPSA) is 112 Å². The molecule has 3 N–H and O–H groups in total. The summed E-state index contributed by atoms with van der Waals surface area (Å²) < 4.78 is 0. The molecule has 1 aromatic heterocycles. The number of carbonyl (C=O) groups is 3. The van der Waals surface area contributed by atoms with Gasteiger partial charge in [-0.3, -0.25) is 19.6 Å². The van der Waals surface area contributed by atoms with Crippen molar-refractivity contribution in [3.8, 4) is 0 Å². The van der Waals surface area contributed by atoms with Gasteiger partial charge in [-0.1, -0.05) is 48.5 Å². The van der Waals surface area contributed by atoms with E-state index in [-0.39, 0.29) is 23.7 Å². The lowest BCUT2D eigenvalue weighted by molar-refractivity contribution is -0.174. The average molecular weight is 427 g/mol. The van der Waals surface area contributed by atoms with Crippen LogP contribution in [0.1, 0.15) is 54.9 Å². The van der Waals surface area contributed by atoms with Crippen LogP contribution in [0.25, 0.3) is 0 Å². The summed E-state index contributed by atoms with van der Waals surface area (Å²) in [5.74, 6) is -1.39. The molecular formula is C20H34N4O4S. The van der Waals surface area contributed by atoms with E-state index < -0.39 is 23.4 Å². The summed E-state index contributed by atoms with van der Waals surface area (Å²) in [6, 6.07) is -1.51. The highest BCUT2D eigenvalue weighted by molar-refractivity contribution is 7.13. The minimum absolute atomic E-state index is 0.156. The number of anilines is 1. The van der Waals surface area contributed by atoms with E-state index in [2.05, 4.69) is 15.6 Å². The molecule has 0 aromatic carbocycles. The van der Waals surface area contributed by atoms with Crippen LogP contribution < -0.4 is 10.6 Å². The lowest BCUT2D eigenvalue weighted by atomic mass is 9.81. The van der Waals surface area contributed by atoms with E-state index >= 15 is 0 Å². The summed E-state index contributed by atoms with van der Waals surface area (Å²) in [6.45, 7) is 13.2. The van der Waals surface area contributed by atoms with Gasteiger partial charge in [0.2, 0.25) is 18.2 Å². The number of hydroxylamine groups is 2. The first kappa shape index (κ1) is 25.0. The van der Waals surface area contributed by atoms with Gasteiger partial charge in [0, 0.05) is 11.6 Å². The van der Waals surface area contributed by atoms with Gasteiger partial charge in [0.25, 0.3) is 0 Å². The molecule has 1 aromatic rings. The highest BCUT2D eigenvalue weighted by atomic mass is 32.1. The molecule has 0 bridgehead atoms. The summed E-state index contributed by atoms with van der Waals surface area (Å²) in [5.41, 5.74) is -0.559. The van der Waals surface area contributed by atoms with Crippen molar-refractivity contribution in [1.29, 1.82) is 0 Å². The number of carbonyl (C=O) groups excluding carboxylic acids is 3. The summed E-state index contributed by atoms with van der Waals surface area (Å²) in [7, 11) is 0. The fraction of sp³-hybridized carbons (Fsp3) is 0.700. The molecule has 0 spiro atoms. The number of hydrogen-bond acceptors (Lipinski definition) is 6. The van der Waals surface area contributed by atoms with Crippen LogP contribution in [0.2, 0.25) is 0 Å². The molecule has 0 unspecified atom stereocenters. The SMILES string of the molecule is CC(C)C[C@@H](C(=O)N[C@H](C(=O)Nc1nccs1)C(C)(C)C)[C@H](C(C)C)N(O)C=O. The Morgan fingerprint density at radius 1 is 1.24 bits per heavy atom. The van der Waals surface area contributed by atoms with Gasteiger partial charge < -0.3 is 10.6 Å². The van der Waals surface area contributed by atoms with Gasteiger partial charge in [0.05, 0.1) is 12.0 Å². The van der Waals surface area contributed by atoms with E-state index in [0.717, 1.165) is 0 Å². The third-order valence-electron chi connectivity index (χ3n) is 4.65. The van der Waals surface area contributed by atoms with E-state index in [1.807, 2.05) is 48.5 Å². The van der Waals surface area contributed by atoms with Crippen LogP contribution in [-0.4, -0.2) is 45.6 Å². The van der Waals surface area contributed by atoms with Gasteiger partial charge in [0.1, 0.15) is 6.04 Å². The van der Waals surface area contributed by atoms with Crippen molar-refractivity contribution < 1.29 is 19.6 Å². The molecule has 8 nitrogen and oxygen atoms in total. The second-order valence-electron chi connectivity index (χ2n) is 9.09. The number of thiazole rings is 1. The molecule has 0 saturated carbocycles. The molecule has 0 aliphatic rings. The van der Waals surface area contributed by atoms with Gasteiger partial charge in [-0.15, -0.1) is 11.3 Å². The molecule has 1 rings (SSSR count). The van der Waals surface area contributed by atoms with Crippen LogP contribution in [0.15, 0.2) is 11.6 Å². The quantitative estimate of drug-likeness (QED) is 0.302. The van der Waals surface area contributed by atoms with E-state index in [1.165, 1.54) is 11.3 Å². The van der Waals surface area contributed by atoms with E-state index in [4.69, 9.17) is 0 Å². The fourth-order valence-corrected chi connectivity index (χ4v) is 3.85. The standard InChI is InChI=1S/C20H34N4O4S/c1-12(2)10-14(15(13(3)4)24(28)11-25)17(26)22-16(20(5,6)7)18(27)23-19-21-8-9-29-19/h8-9,11-16,28H,10H2,1-7H3,(H,22,26)(H,21,23,27)/t14-,15+,16-/m1/s1. The Kier molecular flexibility index (Phi) is 9.22. The van der Waals surface area contributed by atoms with Crippen LogP contribution in [0.3, 0.4) is 0 Å². The molecule has 3 amide bonds. The predicted octanol–water partition coefficient (Wildman–Crippen LogP) is 3.15. The first-order valence-corrected chi connectivity index (χ1v) is 10.7. The Morgan fingerprint density at radius 3 is 2.28 bits per heavy atom. The maximum absolute atomic E-state index is 13.3. The molecule has 3 atom stereocenters. The molecule has 0 radical (unpaired) electrons.